The van der Waals surface area contributed by atoms with Gasteiger partial charge in [-0.15, -0.1) is 0 Å². The topological polar surface area (TPSA) is 87.2 Å². The van der Waals surface area contributed by atoms with Crippen molar-refractivity contribution in [2.24, 2.45) is 0 Å². The van der Waals surface area contributed by atoms with Crippen LogP contribution in [-0.2, 0) is 13.1 Å². The fourth-order valence-corrected chi connectivity index (χ4v) is 3.97. The summed E-state index contributed by atoms with van der Waals surface area (Å²) in [6.45, 7) is 1.32. The normalized spacial score (nSPS) is 11.4. The lowest BCUT2D eigenvalue weighted by Crippen LogP contribution is -2.04. The molecule has 0 saturated heterocycles. The van der Waals surface area contributed by atoms with Gasteiger partial charge in [0.1, 0.15) is 35.1 Å². The Morgan fingerprint density at radius 1 is 0.500 bits per heavy atom. The molecule has 0 N–H and O–H groups in total. The molecule has 8 heteroatoms. The van der Waals surface area contributed by atoms with Crippen molar-refractivity contribution in [3.63, 3.8) is 0 Å². The molecule has 0 amide bonds. The lowest BCUT2D eigenvalue weighted by atomic mass is 10.2. The van der Waals surface area contributed by atoms with Crippen LogP contribution in [0.15, 0.2) is 86.0 Å². The van der Waals surface area contributed by atoms with Gasteiger partial charge < -0.3 is 9.13 Å². The van der Waals surface area contributed by atoms with Gasteiger partial charge in [0.15, 0.2) is 11.3 Å². The lowest BCUT2D eigenvalue weighted by Gasteiger charge is -2.10. The molecule has 6 aromatic rings. The first-order valence-electron chi connectivity index (χ1n) is 10.3. The molecule has 0 bridgehead atoms. The molecule has 0 aliphatic heterocycles. The van der Waals surface area contributed by atoms with Crippen molar-refractivity contribution in [2.75, 3.05) is 0 Å². The molecule has 6 rings (SSSR count). The summed E-state index contributed by atoms with van der Waals surface area (Å²) in [5.41, 5.74) is 6.70. The number of imidazole rings is 2. The van der Waals surface area contributed by atoms with E-state index in [4.69, 9.17) is 0 Å². The number of nitrogens with zero attached hydrogens (tertiary/aromatic N) is 8. The third kappa shape index (κ3) is 3.18. The van der Waals surface area contributed by atoms with Gasteiger partial charge in [0.2, 0.25) is 0 Å². The van der Waals surface area contributed by atoms with Crippen LogP contribution in [0.3, 0.4) is 0 Å². The average Bonchev–Trinajstić information content (AvgIpc) is 3.45. The first kappa shape index (κ1) is 18.3. The Morgan fingerprint density at radius 2 is 0.938 bits per heavy atom. The molecular formula is C24H18N8. The predicted octanol–water partition coefficient (Wildman–Crippen LogP) is 3.73. The highest BCUT2D eigenvalue weighted by molar-refractivity contribution is 5.95. The highest BCUT2D eigenvalue weighted by Gasteiger charge is 2.19. The first-order valence-corrected chi connectivity index (χ1v) is 10.3. The summed E-state index contributed by atoms with van der Waals surface area (Å²) in [6, 6.07) is 20.5. The van der Waals surface area contributed by atoms with Crippen molar-refractivity contribution >= 4 is 22.3 Å². The van der Waals surface area contributed by atoms with Crippen LogP contribution >= 0.6 is 0 Å². The SMILES string of the molecule is c1ccc(Cn2cnc3ncnc(-c4ncnc5ncn(Cc6ccccc6)c45)c32)cc1. The quantitative estimate of drug-likeness (QED) is 0.424. The minimum atomic E-state index is 0.631. The second-order valence-electron chi connectivity index (χ2n) is 7.51. The fraction of sp³-hybridized carbons (Fsp3) is 0.0833. The van der Waals surface area contributed by atoms with E-state index in [9.17, 15) is 0 Å². The number of aromatic nitrogens is 8. The van der Waals surface area contributed by atoms with Crippen molar-refractivity contribution in [2.45, 2.75) is 13.1 Å². The molecule has 0 spiro atoms. The minimum Gasteiger partial charge on any atom is -0.323 e. The van der Waals surface area contributed by atoms with Gasteiger partial charge in [-0.25, -0.2) is 29.9 Å². The summed E-state index contributed by atoms with van der Waals surface area (Å²) in [7, 11) is 0. The Labute approximate surface area is 183 Å². The van der Waals surface area contributed by atoms with Crippen molar-refractivity contribution in [3.8, 4) is 11.4 Å². The standard InChI is InChI=1S/C24H18N8/c1-3-7-17(8-4-1)11-31-15-29-23-21(31)19(25-13-27-23)20-22-24(28-14-26-20)30-16-32(22)12-18-9-5-2-6-10-18/h1-10,13-16H,11-12H2. The molecule has 8 nitrogen and oxygen atoms in total. The largest absolute Gasteiger partial charge is 0.323 e. The van der Waals surface area contributed by atoms with Crippen LogP contribution in [0.4, 0.5) is 0 Å². The van der Waals surface area contributed by atoms with Crippen LogP contribution in [0.5, 0.6) is 0 Å². The van der Waals surface area contributed by atoms with Crippen LogP contribution in [0.25, 0.3) is 33.7 Å². The predicted molar refractivity (Wildman–Crippen MR) is 121 cm³/mol. The van der Waals surface area contributed by atoms with Gasteiger partial charge in [-0.3, -0.25) is 0 Å². The summed E-state index contributed by atoms with van der Waals surface area (Å²) >= 11 is 0. The molecule has 4 heterocycles. The zero-order chi connectivity index (χ0) is 21.3. The summed E-state index contributed by atoms with van der Waals surface area (Å²) in [6.07, 6.45) is 6.66. The summed E-state index contributed by atoms with van der Waals surface area (Å²) in [4.78, 5) is 27.0. The Balaban J connectivity index is 1.52. The highest BCUT2D eigenvalue weighted by atomic mass is 15.1. The Hall–Kier alpha value is -4.46. The lowest BCUT2D eigenvalue weighted by molar-refractivity contribution is 0.819. The van der Waals surface area contributed by atoms with Crippen LogP contribution in [0.1, 0.15) is 11.1 Å². The summed E-state index contributed by atoms with van der Waals surface area (Å²) in [5, 5.41) is 0. The molecule has 0 fully saturated rings. The number of hydrogen-bond donors (Lipinski definition) is 0. The molecule has 2 aromatic carbocycles. The average molecular weight is 418 g/mol. The molecule has 0 atom stereocenters. The molecule has 32 heavy (non-hydrogen) atoms. The number of fused-ring (bicyclic) bond motifs is 2. The van der Waals surface area contributed by atoms with Crippen LogP contribution < -0.4 is 0 Å². The third-order valence-corrected chi connectivity index (χ3v) is 5.43. The number of benzene rings is 2. The molecule has 0 radical (unpaired) electrons. The second kappa shape index (κ2) is 7.66. The fourth-order valence-electron chi connectivity index (χ4n) is 3.97. The van der Waals surface area contributed by atoms with E-state index in [-0.39, 0.29) is 0 Å². The molecule has 0 saturated carbocycles. The number of rotatable bonds is 5. The summed E-state index contributed by atoms with van der Waals surface area (Å²) in [5.74, 6) is 0. The molecule has 154 valence electrons. The maximum absolute atomic E-state index is 4.63. The van der Waals surface area contributed by atoms with E-state index in [1.54, 1.807) is 12.7 Å². The van der Waals surface area contributed by atoms with Gasteiger partial charge in [0.05, 0.1) is 12.7 Å². The Bertz CT molecular complexity index is 1400. The van der Waals surface area contributed by atoms with E-state index in [0.717, 1.165) is 11.0 Å². The van der Waals surface area contributed by atoms with Crippen LogP contribution in [0.2, 0.25) is 0 Å². The smallest absolute Gasteiger partial charge is 0.181 e. The molecule has 0 aliphatic rings. The van der Waals surface area contributed by atoms with Gasteiger partial charge >= 0.3 is 0 Å². The maximum atomic E-state index is 4.63. The highest BCUT2D eigenvalue weighted by Crippen LogP contribution is 2.29. The zero-order valence-electron chi connectivity index (χ0n) is 17.1. The Kier molecular flexibility index (Phi) is 4.39. The monoisotopic (exact) mass is 418 g/mol. The zero-order valence-corrected chi connectivity index (χ0v) is 17.1. The van der Waals surface area contributed by atoms with Crippen LogP contribution in [0, 0.1) is 0 Å². The Morgan fingerprint density at radius 3 is 1.38 bits per heavy atom. The van der Waals surface area contributed by atoms with Crippen molar-refractivity contribution in [1.82, 2.24) is 39.0 Å². The first-order chi connectivity index (χ1) is 15.9. The molecule has 0 unspecified atom stereocenters. The van der Waals surface area contributed by atoms with Gasteiger partial charge in [0.25, 0.3) is 0 Å². The van der Waals surface area contributed by atoms with Gasteiger partial charge in [-0.2, -0.15) is 0 Å². The van der Waals surface area contributed by atoms with Gasteiger partial charge in [-0.05, 0) is 11.1 Å². The van der Waals surface area contributed by atoms with Gasteiger partial charge in [0, 0.05) is 13.1 Å². The summed E-state index contributed by atoms with van der Waals surface area (Å²) < 4.78 is 4.12. The van der Waals surface area contributed by atoms with E-state index >= 15 is 0 Å². The minimum absolute atomic E-state index is 0.631. The van der Waals surface area contributed by atoms with E-state index < -0.39 is 0 Å². The number of hydrogen-bond acceptors (Lipinski definition) is 6. The third-order valence-electron chi connectivity index (χ3n) is 5.43. The van der Waals surface area contributed by atoms with Crippen LogP contribution in [-0.4, -0.2) is 39.0 Å². The maximum Gasteiger partial charge on any atom is 0.181 e. The van der Waals surface area contributed by atoms with E-state index in [2.05, 4.69) is 63.3 Å². The van der Waals surface area contributed by atoms with Crippen molar-refractivity contribution < 1.29 is 0 Å². The van der Waals surface area contributed by atoms with Crippen molar-refractivity contribution in [1.29, 1.82) is 0 Å². The van der Waals surface area contributed by atoms with E-state index in [0.29, 0.717) is 35.8 Å². The van der Waals surface area contributed by atoms with E-state index in [1.807, 2.05) is 36.4 Å². The van der Waals surface area contributed by atoms with E-state index in [1.165, 1.54) is 23.8 Å². The van der Waals surface area contributed by atoms with Crippen molar-refractivity contribution in [3.05, 3.63) is 97.1 Å². The molecule has 0 aliphatic carbocycles. The molecular weight excluding hydrogens is 400 g/mol. The van der Waals surface area contributed by atoms with Gasteiger partial charge in [-0.1, -0.05) is 60.7 Å². The second-order valence-corrected chi connectivity index (χ2v) is 7.51. The molecule has 4 aromatic heterocycles.